The van der Waals surface area contributed by atoms with Crippen LogP contribution in [0.25, 0.3) is 0 Å². The Hall–Kier alpha value is -1.06. The zero-order chi connectivity index (χ0) is 12.5. The van der Waals surface area contributed by atoms with E-state index in [4.69, 9.17) is 10.5 Å². The Balaban J connectivity index is 2.21. The molecule has 0 saturated carbocycles. The Labute approximate surface area is 105 Å². The van der Waals surface area contributed by atoms with Gasteiger partial charge in [-0.25, -0.2) is 0 Å². The number of hydrogen-bond acceptors (Lipinski definition) is 3. The van der Waals surface area contributed by atoms with Gasteiger partial charge in [-0.3, -0.25) is 0 Å². The van der Waals surface area contributed by atoms with Crippen LogP contribution < -0.4 is 10.5 Å². The number of nitrogens with zero attached hydrogens (tertiary/aromatic N) is 1. The first-order chi connectivity index (χ1) is 8.26. The first-order valence-electron chi connectivity index (χ1n) is 6.36. The van der Waals surface area contributed by atoms with Crippen molar-refractivity contribution in [2.75, 3.05) is 26.7 Å². The van der Waals surface area contributed by atoms with Crippen molar-refractivity contribution in [3.63, 3.8) is 0 Å². The van der Waals surface area contributed by atoms with E-state index in [2.05, 4.69) is 18.9 Å². The molecule has 0 saturated heterocycles. The number of hydrogen-bond donors (Lipinski definition) is 1. The van der Waals surface area contributed by atoms with Gasteiger partial charge in [-0.15, -0.1) is 0 Å². The number of rotatable bonds is 8. The lowest BCUT2D eigenvalue weighted by molar-refractivity contribution is 0.263. The summed E-state index contributed by atoms with van der Waals surface area (Å²) in [6, 6.07) is 7.99. The number of nitrogens with two attached hydrogens (primary N) is 1. The average molecular weight is 236 g/mol. The van der Waals surface area contributed by atoms with Crippen LogP contribution in [0, 0.1) is 0 Å². The van der Waals surface area contributed by atoms with Crippen LogP contribution in [0.2, 0.25) is 0 Å². The van der Waals surface area contributed by atoms with Crippen molar-refractivity contribution in [2.45, 2.75) is 26.3 Å². The van der Waals surface area contributed by atoms with Gasteiger partial charge in [0.1, 0.15) is 5.75 Å². The van der Waals surface area contributed by atoms with Crippen LogP contribution in [0.3, 0.4) is 0 Å². The third-order valence-electron chi connectivity index (χ3n) is 2.69. The fourth-order valence-corrected chi connectivity index (χ4v) is 1.78. The van der Waals surface area contributed by atoms with E-state index in [-0.39, 0.29) is 0 Å². The summed E-state index contributed by atoms with van der Waals surface area (Å²) in [6.45, 7) is 5.77. The van der Waals surface area contributed by atoms with Crippen LogP contribution in [0.15, 0.2) is 24.3 Å². The van der Waals surface area contributed by atoms with E-state index in [0.717, 1.165) is 37.4 Å². The molecule has 0 fully saturated rings. The van der Waals surface area contributed by atoms with Crippen LogP contribution in [0.1, 0.15) is 25.3 Å². The predicted molar refractivity (Wildman–Crippen MR) is 72.2 cm³/mol. The van der Waals surface area contributed by atoms with Crippen LogP contribution in [0.5, 0.6) is 5.75 Å². The Bertz CT molecular complexity index is 315. The van der Waals surface area contributed by atoms with Gasteiger partial charge in [0.05, 0.1) is 6.61 Å². The molecule has 3 heteroatoms. The standard InChI is InChI=1S/C14H24N2O/c1-3-8-16(2)9-5-10-17-14-7-4-6-13(11-14)12-15/h4,6-7,11H,3,5,8-10,12,15H2,1-2H3. The van der Waals surface area contributed by atoms with Crippen molar-refractivity contribution in [3.8, 4) is 5.75 Å². The minimum Gasteiger partial charge on any atom is -0.494 e. The van der Waals surface area contributed by atoms with Gasteiger partial charge >= 0.3 is 0 Å². The molecule has 0 aliphatic heterocycles. The smallest absolute Gasteiger partial charge is 0.119 e. The molecule has 0 heterocycles. The van der Waals surface area contributed by atoms with Crippen LogP contribution in [-0.4, -0.2) is 31.6 Å². The molecule has 0 bridgehead atoms. The summed E-state index contributed by atoms with van der Waals surface area (Å²) >= 11 is 0. The molecular weight excluding hydrogens is 212 g/mol. The molecule has 0 atom stereocenters. The molecule has 0 aliphatic carbocycles. The second kappa shape index (κ2) is 8.09. The van der Waals surface area contributed by atoms with Crippen LogP contribution in [-0.2, 0) is 6.54 Å². The Morgan fingerprint density at radius 3 is 2.82 bits per heavy atom. The molecule has 1 aromatic carbocycles. The van der Waals surface area contributed by atoms with Gasteiger partial charge in [0, 0.05) is 13.1 Å². The average Bonchev–Trinajstić information content (AvgIpc) is 2.35. The lowest BCUT2D eigenvalue weighted by Gasteiger charge is -2.15. The molecule has 1 aromatic rings. The molecule has 0 radical (unpaired) electrons. The van der Waals surface area contributed by atoms with E-state index in [1.165, 1.54) is 6.42 Å². The van der Waals surface area contributed by atoms with E-state index in [0.29, 0.717) is 6.54 Å². The summed E-state index contributed by atoms with van der Waals surface area (Å²) in [4.78, 5) is 2.33. The molecule has 0 amide bonds. The molecule has 17 heavy (non-hydrogen) atoms. The summed E-state index contributed by atoms with van der Waals surface area (Å²) in [5.41, 5.74) is 6.70. The van der Waals surface area contributed by atoms with Gasteiger partial charge < -0.3 is 15.4 Å². The minimum absolute atomic E-state index is 0.566. The quantitative estimate of drug-likeness (QED) is 0.704. The van der Waals surface area contributed by atoms with Crippen molar-refractivity contribution < 1.29 is 4.74 Å². The van der Waals surface area contributed by atoms with Crippen molar-refractivity contribution in [3.05, 3.63) is 29.8 Å². The molecule has 0 spiro atoms. The number of ether oxygens (including phenoxy) is 1. The summed E-state index contributed by atoms with van der Waals surface area (Å²) < 4.78 is 5.69. The van der Waals surface area contributed by atoms with Gasteiger partial charge in [-0.2, -0.15) is 0 Å². The SMILES string of the molecule is CCCN(C)CCCOc1cccc(CN)c1. The zero-order valence-electron chi connectivity index (χ0n) is 11.0. The monoisotopic (exact) mass is 236 g/mol. The highest BCUT2D eigenvalue weighted by molar-refractivity contribution is 5.28. The normalized spacial score (nSPS) is 10.8. The predicted octanol–water partition coefficient (Wildman–Crippen LogP) is 2.26. The Morgan fingerprint density at radius 2 is 2.12 bits per heavy atom. The summed E-state index contributed by atoms with van der Waals surface area (Å²) in [5, 5.41) is 0. The van der Waals surface area contributed by atoms with Gasteiger partial charge in [0.2, 0.25) is 0 Å². The molecule has 96 valence electrons. The lowest BCUT2D eigenvalue weighted by atomic mass is 10.2. The molecule has 2 N–H and O–H groups in total. The topological polar surface area (TPSA) is 38.5 Å². The maximum absolute atomic E-state index is 5.69. The maximum atomic E-state index is 5.69. The van der Waals surface area contributed by atoms with Crippen LogP contribution >= 0.6 is 0 Å². The first-order valence-corrected chi connectivity index (χ1v) is 6.36. The van der Waals surface area contributed by atoms with Gasteiger partial charge in [0.15, 0.2) is 0 Å². The molecular formula is C14H24N2O. The van der Waals surface area contributed by atoms with E-state index in [9.17, 15) is 0 Å². The zero-order valence-corrected chi connectivity index (χ0v) is 11.0. The highest BCUT2D eigenvalue weighted by Crippen LogP contribution is 2.12. The van der Waals surface area contributed by atoms with Crippen molar-refractivity contribution in [2.24, 2.45) is 5.73 Å². The lowest BCUT2D eigenvalue weighted by Crippen LogP contribution is -2.21. The molecule has 3 nitrogen and oxygen atoms in total. The minimum atomic E-state index is 0.566. The second-order valence-corrected chi connectivity index (χ2v) is 4.36. The largest absolute Gasteiger partial charge is 0.494 e. The van der Waals surface area contributed by atoms with Gasteiger partial charge in [-0.1, -0.05) is 19.1 Å². The first kappa shape index (κ1) is 14.0. The van der Waals surface area contributed by atoms with Crippen molar-refractivity contribution in [1.82, 2.24) is 4.90 Å². The summed E-state index contributed by atoms with van der Waals surface area (Å²) in [5.74, 6) is 0.922. The molecule has 1 rings (SSSR count). The van der Waals surface area contributed by atoms with Gasteiger partial charge in [-0.05, 0) is 44.1 Å². The van der Waals surface area contributed by atoms with Crippen molar-refractivity contribution in [1.29, 1.82) is 0 Å². The Kier molecular flexibility index (Phi) is 6.67. The number of benzene rings is 1. The fraction of sp³-hybridized carbons (Fsp3) is 0.571. The third kappa shape index (κ3) is 5.71. The molecule has 0 aliphatic rings. The third-order valence-corrected chi connectivity index (χ3v) is 2.69. The van der Waals surface area contributed by atoms with E-state index >= 15 is 0 Å². The summed E-state index contributed by atoms with van der Waals surface area (Å²) in [6.07, 6.45) is 2.26. The second-order valence-electron chi connectivity index (χ2n) is 4.36. The maximum Gasteiger partial charge on any atom is 0.119 e. The van der Waals surface area contributed by atoms with E-state index in [1.54, 1.807) is 0 Å². The summed E-state index contributed by atoms with van der Waals surface area (Å²) in [7, 11) is 2.15. The molecule has 0 unspecified atom stereocenters. The van der Waals surface area contributed by atoms with Crippen molar-refractivity contribution >= 4 is 0 Å². The molecule has 0 aromatic heterocycles. The Morgan fingerprint density at radius 1 is 1.29 bits per heavy atom. The van der Waals surface area contributed by atoms with E-state index < -0.39 is 0 Å². The van der Waals surface area contributed by atoms with E-state index in [1.807, 2.05) is 24.3 Å². The fourth-order valence-electron chi connectivity index (χ4n) is 1.78. The highest BCUT2D eigenvalue weighted by atomic mass is 16.5. The van der Waals surface area contributed by atoms with Crippen LogP contribution in [0.4, 0.5) is 0 Å². The van der Waals surface area contributed by atoms with Gasteiger partial charge in [0.25, 0.3) is 0 Å². The highest BCUT2D eigenvalue weighted by Gasteiger charge is 1.98.